The van der Waals surface area contributed by atoms with Gasteiger partial charge in [-0.05, 0) is 19.1 Å². The van der Waals surface area contributed by atoms with E-state index in [1.54, 1.807) is 6.92 Å². The SMILES string of the molecule is CCOC(=O)/C(Cl)=N\Nc1cccc(OC(F)F)c1. The quantitative estimate of drug-likeness (QED) is 0.497. The molecule has 5 nitrogen and oxygen atoms in total. The molecule has 0 spiro atoms. The van der Waals surface area contributed by atoms with Crippen LogP contribution in [0.15, 0.2) is 29.4 Å². The van der Waals surface area contributed by atoms with Crippen LogP contribution in [0.4, 0.5) is 14.5 Å². The van der Waals surface area contributed by atoms with Crippen LogP contribution >= 0.6 is 11.6 Å². The van der Waals surface area contributed by atoms with Gasteiger partial charge in [-0.1, -0.05) is 17.7 Å². The van der Waals surface area contributed by atoms with Gasteiger partial charge in [0.1, 0.15) is 5.75 Å². The summed E-state index contributed by atoms with van der Waals surface area (Å²) in [5, 5.41) is 3.15. The second-order valence-electron chi connectivity index (χ2n) is 3.14. The zero-order valence-corrected chi connectivity index (χ0v) is 10.7. The van der Waals surface area contributed by atoms with Crippen LogP contribution in [0.25, 0.3) is 0 Å². The van der Waals surface area contributed by atoms with E-state index in [1.807, 2.05) is 0 Å². The average molecular weight is 293 g/mol. The fourth-order valence-electron chi connectivity index (χ4n) is 1.09. The van der Waals surface area contributed by atoms with Gasteiger partial charge in [0.15, 0.2) is 0 Å². The van der Waals surface area contributed by atoms with E-state index in [-0.39, 0.29) is 12.4 Å². The zero-order chi connectivity index (χ0) is 14.3. The lowest BCUT2D eigenvalue weighted by Crippen LogP contribution is -2.13. The Hall–Kier alpha value is -1.89. The van der Waals surface area contributed by atoms with Crippen molar-refractivity contribution in [2.45, 2.75) is 13.5 Å². The molecule has 1 aromatic rings. The Morgan fingerprint density at radius 1 is 1.53 bits per heavy atom. The lowest BCUT2D eigenvalue weighted by Gasteiger charge is -2.06. The number of anilines is 1. The lowest BCUT2D eigenvalue weighted by molar-refractivity contribution is -0.134. The molecule has 0 bridgehead atoms. The van der Waals surface area contributed by atoms with Crippen LogP contribution in [-0.4, -0.2) is 24.4 Å². The summed E-state index contributed by atoms with van der Waals surface area (Å²) in [6.07, 6.45) is 0. The summed E-state index contributed by atoms with van der Waals surface area (Å²) >= 11 is 5.55. The van der Waals surface area contributed by atoms with E-state index in [4.69, 9.17) is 11.6 Å². The smallest absolute Gasteiger partial charge is 0.387 e. The van der Waals surface area contributed by atoms with Gasteiger partial charge in [-0.25, -0.2) is 4.79 Å². The number of hydrogen-bond acceptors (Lipinski definition) is 5. The minimum atomic E-state index is -2.91. The maximum absolute atomic E-state index is 12.0. The van der Waals surface area contributed by atoms with E-state index in [1.165, 1.54) is 24.3 Å². The van der Waals surface area contributed by atoms with Crippen molar-refractivity contribution in [3.05, 3.63) is 24.3 Å². The van der Waals surface area contributed by atoms with E-state index >= 15 is 0 Å². The molecule has 1 aromatic carbocycles. The number of halogens is 3. The predicted octanol–water partition coefficient (Wildman–Crippen LogP) is 2.82. The van der Waals surface area contributed by atoms with Crippen LogP contribution in [0.1, 0.15) is 6.92 Å². The highest BCUT2D eigenvalue weighted by Gasteiger charge is 2.09. The summed E-state index contributed by atoms with van der Waals surface area (Å²) in [5.74, 6) is -0.820. The third-order valence-corrected chi connectivity index (χ3v) is 2.03. The van der Waals surface area contributed by atoms with Gasteiger partial charge in [-0.2, -0.15) is 13.9 Å². The molecule has 0 atom stereocenters. The van der Waals surface area contributed by atoms with E-state index in [2.05, 4.69) is 20.0 Å². The van der Waals surface area contributed by atoms with E-state index in [0.717, 1.165) is 0 Å². The molecule has 0 heterocycles. The minimum Gasteiger partial charge on any atom is -0.461 e. The molecule has 1 rings (SSSR count). The second-order valence-corrected chi connectivity index (χ2v) is 3.50. The van der Waals surface area contributed by atoms with Crippen molar-refractivity contribution >= 4 is 28.4 Å². The normalized spacial score (nSPS) is 11.3. The van der Waals surface area contributed by atoms with Crippen LogP contribution in [0.3, 0.4) is 0 Å². The van der Waals surface area contributed by atoms with Crippen molar-refractivity contribution in [2.24, 2.45) is 5.10 Å². The number of ether oxygens (including phenoxy) is 2. The van der Waals surface area contributed by atoms with Gasteiger partial charge in [-0.15, -0.1) is 0 Å². The van der Waals surface area contributed by atoms with Crippen LogP contribution in [-0.2, 0) is 9.53 Å². The maximum atomic E-state index is 12.0. The van der Waals surface area contributed by atoms with Crippen molar-refractivity contribution in [1.29, 1.82) is 0 Å². The Morgan fingerprint density at radius 2 is 2.26 bits per heavy atom. The molecule has 0 unspecified atom stereocenters. The summed E-state index contributed by atoms with van der Waals surface area (Å²) in [6.45, 7) is -1.12. The topological polar surface area (TPSA) is 59.9 Å². The molecule has 0 aromatic heterocycles. The molecular weight excluding hydrogens is 282 g/mol. The number of rotatable bonds is 6. The van der Waals surface area contributed by atoms with Gasteiger partial charge in [0, 0.05) is 6.07 Å². The molecule has 0 amide bonds. The number of carbonyl (C=O) groups is 1. The standard InChI is InChI=1S/C11H11ClF2N2O3/c1-2-18-10(17)9(12)16-15-7-4-3-5-8(6-7)19-11(13)14/h3-6,11,15H,2H2,1H3/b16-9+. The average Bonchev–Trinajstić information content (AvgIpc) is 2.36. The zero-order valence-electron chi connectivity index (χ0n) is 9.90. The number of carbonyl (C=O) groups excluding carboxylic acids is 1. The second kappa shape index (κ2) is 7.52. The molecule has 0 aliphatic rings. The molecule has 0 saturated carbocycles. The third kappa shape index (κ3) is 5.52. The fourth-order valence-corrected chi connectivity index (χ4v) is 1.19. The Kier molecular flexibility index (Phi) is 6.01. The number of hydrogen-bond donors (Lipinski definition) is 1. The van der Waals surface area contributed by atoms with Gasteiger partial charge in [0.25, 0.3) is 0 Å². The maximum Gasteiger partial charge on any atom is 0.387 e. The molecule has 0 saturated heterocycles. The first kappa shape index (κ1) is 15.2. The summed E-state index contributed by atoms with van der Waals surface area (Å²) in [4.78, 5) is 11.1. The number of hydrazone groups is 1. The van der Waals surface area contributed by atoms with E-state index in [0.29, 0.717) is 5.69 Å². The summed E-state index contributed by atoms with van der Waals surface area (Å²) in [5.41, 5.74) is 2.76. The summed E-state index contributed by atoms with van der Waals surface area (Å²) < 4.78 is 32.8. The van der Waals surface area contributed by atoms with Crippen molar-refractivity contribution < 1.29 is 23.0 Å². The molecule has 8 heteroatoms. The highest BCUT2D eigenvalue weighted by atomic mass is 35.5. The highest BCUT2D eigenvalue weighted by Crippen LogP contribution is 2.19. The third-order valence-electron chi connectivity index (χ3n) is 1.79. The van der Waals surface area contributed by atoms with Gasteiger partial charge >= 0.3 is 12.6 Å². The molecule has 0 aliphatic heterocycles. The van der Waals surface area contributed by atoms with Gasteiger partial charge in [0.2, 0.25) is 5.17 Å². The van der Waals surface area contributed by atoms with Crippen LogP contribution in [0.5, 0.6) is 5.75 Å². The molecule has 1 N–H and O–H groups in total. The Morgan fingerprint density at radius 3 is 2.89 bits per heavy atom. The fraction of sp³-hybridized carbons (Fsp3) is 0.273. The number of esters is 1. The molecule has 104 valence electrons. The van der Waals surface area contributed by atoms with Crippen molar-refractivity contribution in [3.63, 3.8) is 0 Å². The first-order chi connectivity index (χ1) is 9.02. The lowest BCUT2D eigenvalue weighted by atomic mass is 10.3. The van der Waals surface area contributed by atoms with E-state index < -0.39 is 17.8 Å². The molecule has 0 aliphatic carbocycles. The van der Waals surface area contributed by atoms with Crippen LogP contribution < -0.4 is 10.2 Å². The highest BCUT2D eigenvalue weighted by molar-refractivity contribution is 6.82. The van der Waals surface area contributed by atoms with Gasteiger partial charge < -0.3 is 9.47 Å². The first-order valence-electron chi connectivity index (χ1n) is 5.24. The van der Waals surface area contributed by atoms with Crippen LogP contribution in [0, 0.1) is 0 Å². The number of benzene rings is 1. The van der Waals surface area contributed by atoms with Crippen molar-refractivity contribution in [1.82, 2.24) is 0 Å². The molecule has 19 heavy (non-hydrogen) atoms. The number of alkyl halides is 2. The predicted molar refractivity (Wildman–Crippen MR) is 66.6 cm³/mol. The minimum absolute atomic E-state index is 0.0394. The van der Waals surface area contributed by atoms with Crippen molar-refractivity contribution in [3.8, 4) is 5.75 Å². The Balaban J connectivity index is 2.67. The first-order valence-corrected chi connectivity index (χ1v) is 5.62. The van der Waals surface area contributed by atoms with Gasteiger partial charge in [-0.3, -0.25) is 5.43 Å². The molecular formula is C11H11ClF2N2O3. The summed E-state index contributed by atoms with van der Waals surface area (Å²) in [6, 6.07) is 5.66. The van der Waals surface area contributed by atoms with Crippen molar-refractivity contribution in [2.75, 3.05) is 12.0 Å². The van der Waals surface area contributed by atoms with Crippen LogP contribution in [0.2, 0.25) is 0 Å². The number of nitrogens with one attached hydrogen (secondary N) is 1. The van der Waals surface area contributed by atoms with E-state index in [9.17, 15) is 13.6 Å². The largest absolute Gasteiger partial charge is 0.461 e. The van der Waals surface area contributed by atoms with Gasteiger partial charge in [0.05, 0.1) is 12.3 Å². The summed E-state index contributed by atoms with van der Waals surface area (Å²) in [7, 11) is 0. The molecule has 0 fully saturated rings. The Bertz CT molecular complexity index is 469. The Labute approximate surface area is 113 Å². The molecule has 0 radical (unpaired) electrons. The monoisotopic (exact) mass is 292 g/mol. The number of nitrogens with zero attached hydrogens (tertiary/aromatic N) is 1.